The van der Waals surface area contributed by atoms with Crippen molar-refractivity contribution < 1.29 is 22.8 Å². The number of carbonyl (C=O) groups is 1. The molecule has 6 heterocycles. The predicted molar refractivity (Wildman–Crippen MR) is 135 cm³/mol. The molecule has 0 fully saturated rings. The number of fused-ring (bicyclic) bond motifs is 14. The molecule has 0 saturated carbocycles. The summed E-state index contributed by atoms with van der Waals surface area (Å²) >= 11 is 0. The fourth-order valence-electron chi connectivity index (χ4n) is 4.66. The quantitative estimate of drug-likeness (QED) is 0.296. The van der Waals surface area contributed by atoms with Gasteiger partial charge in [-0.05, 0) is 97.1 Å². The van der Waals surface area contributed by atoms with Gasteiger partial charge in [0.25, 0.3) is 0 Å². The number of ketones is 1. The van der Waals surface area contributed by atoms with Crippen molar-refractivity contribution in [3.8, 4) is 0 Å². The van der Waals surface area contributed by atoms with E-state index >= 15 is 0 Å². The van der Waals surface area contributed by atoms with E-state index in [4.69, 9.17) is 18.0 Å². The summed E-state index contributed by atoms with van der Waals surface area (Å²) in [6.45, 7) is 0. The number of hydrogen-bond acceptors (Lipinski definition) is 6. The highest BCUT2D eigenvalue weighted by Crippen LogP contribution is 2.34. The van der Waals surface area contributed by atoms with Crippen molar-refractivity contribution in [2.24, 2.45) is 0 Å². The molecule has 12 bridgehead atoms. The van der Waals surface area contributed by atoms with Crippen LogP contribution < -0.4 is 5.43 Å². The van der Waals surface area contributed by atoms with Crippen LogP contribution in [0, 0.1) is 0 Å². The SMILES string of the molecule is O=C1C2=Cc3ccc(o3)C=CC3C=CC(=CC1c1cc4ccc(ccc5ccc(cc2c1=O)o5)o4)O3. The molecule has 2 atom stereocenters. The van der Waals surface area contributed by atoms with E-state index in [1.807, 2.05) is 18.2 Å². The molecule has 0 saturated heterocycles. The van der Waals surface area contributed by atoms with Crippen molar-refractivity contribution in [1.82, 2.24) is 0 Å². The standard InChI is InChI=1S/C30H18O6/c31-29-25-13-21-9-5-17(33-21)1-2-18-6-10-22(34-18)14-26(29)28-16-24-12-8-20(36-24)4-3-19-7-11-23(35-19)15-27(25)30(28)32/h1-17,25H. The second-order valence-electron chi connectivity index (χ2n) is 8.81. The summed E-state index contributed by atoms with van der Waals surface area (Å²) < 4.78 is 23.7. The highest BCUT2D eigenvalue weighted by molar-refractivity contribution is 6.29. The third-order valence-corrected chi connectivity index (χ3v) is 6.41. The Bertz CT molecular complexity index is 1820. The summed E-state index contributed by atoms with van der Waals surface area (Å²) in [6, 6.07) is 17.5. The molecule has 6 nitrogen and oxygen atoms in total. The first-order valence-corrected chi connectivity index (χ1v) is 11.6. The zero-order valence-corrected chi connectivity index (χ0v) is 18.8. The Labute approximate surface area is 204 Å². The lowest BCUT2D eigenvalue weighted by Crippen LogP contribution is -2.28. The Morgan fingerprint density at radius 3 is 2.11 bits per heavy atom. The van der Waals surface area contributed by atoms with E-state index in [0.29, 0.717) is 39.6 Å². The van der Waals surface area contributed by atoms with Crippen molar-refractivity contribution in [2.45, 2.75) is 12.0 Å². The largest absolute Gasteiger partial charge is 0.483 e. The first-order chi connectivity index (χ1) is 17.6. The van der Waals surface area contributed by atoms with Crippen LogP contribution in [0.5, 0.6) is 0 Å². The number of Topliss-reactive ketones (excluding diaryl/α,β-unsaturated/α-hetero) is 1. The van der Waals surface area contributed by atoms with Gasteiger partial charge in [0.2, 0.25) is 0 Å². The van der Waals surface area contributed by atoms with Gasteiger partial charge < -0.3 is 18.0 Å². The first-order valence-electron chi connectivity index (χ1n) is 11.6. The number of carbonyl (C=O) groups excluding carboxylic acids is 1. The molecule has 0 aromatic carbocycles. The maximum atomic E-state index is 14.0. The number of hydrogen-bond donors (Lipinski definition) is 0. The smallest absolute Gasteiger partial charge is 0.191 e. The van der Waals surface area contributed by atoms with E-state index in [0.717, 1.165) is 0 Å². The van der Waals surface area contributed by atoms with E-state index in [9.17, 15) is 9.59 Å². The molecule has 7 rings (SSSR count). The zero-order valence-electron chi connectivity index (χ0n) is 18.8. The van der Waals surface area contributed by atoms with Gasteiger partial charge in [-0.25, -0.2) is 0 Å². The van der Waals surface area contributed by atoms with Gasteiger partial charge in [0, 0.05) is 16.7 Å². The second-order valence-corrected chi connectivity index (χ2v) is 8.81. The Hall–Kier alpha value is -4.84. The van der Waals surface area contributed by atoms with Crippen molar-refractivity contribution in [1.29, 1.82) is 0 Å². The molecule has 0 N–H and O–H groups in total. The Balaban J connectivity index is 1.62. The predicted octanol–water partition coefficient (Wildman–Crippen LogP) is 6.33. The Morgan fingerprint density at radius 1 is 0.667 bits per heavy atom. The van der Waals surface area contributed by atoms with E-state index < -0.39 is 5.92 Å². The lowest BCUT2D eigenvalue weighted by atomic mass is 9.81. The van der Waals surface area contributed by atoms with Gasteiger partial charge in [-0.15, -0.1) is 0 Å². The van der Waals surface area contributed by atoms with Crippen LogP contribution >= 0.6 is 0 Å². The Morgan fingerprint density at radius 2 is 1.33 bits per heavy atom. The summed E-state index contributed by atoms with van der Waals surface area (Å²) in [6.07, 6.45) is 10.4. The summed E-state index contributed by atoms with van der Waals surface area (Å²) in [5, 5.41) is 0. The molecule has 0 amide bonds. The van der Waals surface area contributed by atoms with Crippen LogP contribution in [0.4, 0.5) is 0 Å². The first kappa shape index (κ1) is 20.5. The minimum Gasteiger partial charge on any atom is -0.483 e. The molecule has 2 aliphatic heterocycles. The van der Waals surface area contributed by atoms with Crippen LogP contribution in [0.1, 0.15) is 28.6 Å². The number of ether oxygens (including phenoxy) is 1. The third-order valence-electron chi connectivity index (χ3n) is 6.41. The molecule has 2 unspecified atom stereocenters. The topological polar surface area (TPSA) is 82.8 Å². The summed E-state index contributed by atoms with van der Waals surface area (Å²) in [7, 11) is 0. The molecule has 0 radical (unpaired) electrons. The fraction of sp³-hybridized carbons (Fsp3) is 0.0667. The average Bonchev–Trinajstić information content (AvgIpc) is 3.67. The maximum Gasteiger partial charge on any atom is 0.191 e. The van der Waals surface area contributed by atoms with Gasteiger partial charge in [-0.1, -0.05) is 0 Å². The lowest BCUT2D eigenvalue weighted by Gasteiger charge is -2.19. The van der Waals surface area contributed by atoms with E-state index in [2.05, 4.69) is 0 Å². The van der Waals surface area contributed by atoms with Crippen LogP contribution in [0.3, 0.4) is 0 Å². The highest BCUT2D eigenvalue weighted by Gasteiger charge is 2.33. The molecule has 4 aromatic heterocycles. The van der Waals surface area contributed by atoms with Gasteiger partial charge >= 0.3 is 0 Å². The lowest BCUT2D eigenvalue weighted by molar-refractivity contribution is -0.114. The molecule has 174 valence electrons. The van der Waals surface area contributed by atoms with Crippen LogP contribution in [-0.2, 0) is 9.53 Å². The fourth-order valence-corrected chi connectivity index (χ4v) is 4.66. The number of rotatable bonds is 0. The molecular formula is C30H18O6. The van der Waals surface area contributed by atoms with Gasteiger partial charge in [0.1, 0.15) is 45.7 Å². The van der Waals surface area contributed by atoms with Gasteiger partial charge in [0.05, 0.1) is 5.92 Å². The summed E-state index contributed by atoms with van der Waals surface area (Å²) in [4.78, 5) is 28.0. The zero-order chi connectivity index (χ0) is 24.2. The maximum absolute atomic E-state index is 14.0. The van der Waals surface area contributed by atoms with Crippen LogP contribution in [0.15, 0.2) is 109 Å². The highest BCUT2D eigenvalue weighted by atomic mass is 16.5. The summed E-state index contributed by atoms with van der Waals surface area (Å²) in [5.74, 6) is 0.468. The summed E-state index contributed by atoms with van der Waals surface area (Å²) in [5.41, 5.74) is 2.57. The number of furan rings is 3. The number of allylic oxidation sites excluding steroid dienone is 3. The minimum atomic E-state index is -0.875. The molecule has 4 aromatic rings. The molecule has 3 aliphatic rings. The molecule has 36 heavy (non-hydrogen) atoms. The third kappa shape index (κ3) is 3.51. The van der Waals surface area contributed by atoms with Crippen molar-refractivity contribution >= 4 is 45.8 Å². The van der Waals surface area contributed by atoms with Crippen molar-refractivity contribution in [3.05, 3.63) is 124 Å². The van der Waals surface area contributed by atoms with Crippen LogP contribution in [0.2, 0.25) is 0 Å². The minimum absolute atomic E-state index is 0.223. The van der Waals surface area contributed by atoms with E-state index in [1.165, 1.54) is 0 Å². The molecule has 1 aliphatic carbocycles. The molecule has 0 spiro atoms. The second kappa shape index (κ2) is 7.85. The van der Waals surface area contributed by atoms with Gasteiger partial charge in [-0.3, -0.25) is 9.59 Å². The normalized spacial score (nSPS) is 19.6. The Kier molecular flexibility index (Phi) is 4.48. The van der Waals surface area contributed by atoms with Gasteiger partial charge in [0.15, 0.2) is 11.2 Å². The van der Waals surface area contributed by atoms with Gasteiger partial charge in [-0.2, -0.15) is 0 Å². The average molecular weight is 474 g/mol. The van der Waals surface area contributed by atoms with Crippen molar-refractivity contribution in [3.63, 3.8) is 0 Å². The van der Waals surface area contributed by atoms with Crippen LogP contribution in [-0.4, -0.2) is 11.9 Å². The van der Waals surface area contributed by atoms with E-state index in [-0.39, 0.29) is 34.0 Å². The van der Waals surface area contributed by atoms with E-state index in [1.54, 1.807) is 78.9 Å². The van der Waals surface area contributed by atoms with Crippen molar-refractivity contribution in [2.75, 3.05) is 0 Å². The van der Waals surface area contributed by atoms with Crippen LogP contribution in [0.25, 0.3) is 40.1 Å². The molecular weight excluding hydrogens is 456 g/mol. The monoisotopic (exact) mass is 474 g/mol. The molecule has 6 heteroatoms.